The minimum Gasteiger partial charge on any atom is -0.378 e. The van der Waals surface area contributed by atoms with E-state index in [1.165, 1.54) is 11.8 Å². The summed E-state index contributed by atoms with van der Waals surface area (Å²) in [7, 11) is 0. The van der Waals surface area contributed by atoms with Crippen LogP contribution in [0.5, 0.6) is 0 Å². The van der Waals surface area contributed by atoms with E-state index in [0.717, 1.165) is 5.69 Å². The van der Waals surface area contributed by atoms with Gasteiger partial charge in [-0.15, -0.1) is 0 Å². The van der Waals surface area contributed by atoms with Gasteiger partial charge in [0.05, 0.1) is 24.7 Å². The van der Waals surface area contributed by atoms with Gasteiger partial charge in [0.25, 0.3) is 0 Å². The highest BCUT2D eigenvalue weighted by molar-refractivity contribution is 8.14. The van der Waals surface area contributed by atoms with E-state index in [1.54, 1.807) is 4.90 Å². The molecule has 6 heteroatoms. The molecular formula is C13H17N3O2S. The van der Waals surface area contributed by atoms with Gasteiger partial charge in [-0.25, -0.2) is 4.99 Å². The van der Waals surface area contributed by atoms with Gasteiger partial charge in [-0.2, -0.15) is 0 Å². The van der Waals surface area contributed by atoms with E-state index in [2.05, 4.69) is 4.99 Å². The van der Waals surface area contributed by atoms with Crippen LogP contribution in [0.3, 0.4) is 0 Å². The summed E-state index contributed by atoms with van der Waals surface area (Å²) in [6, 6.07) is 9.46. The molecule has 1 aliphatic rings. The summed E-state index contributed by atoms with van der Waals surface area (Å²) < 4.78 is 5.21. The van der Waals surface area contributed by atoms with Crippen LogP contribution in [0.2, 0.25) is 0 Å². The number of para-hydroxylation sites is 1. The van der Waals surface area contributed by atoms with Crippen LogP contribution in [-0.4, -0.2) is 48.0 Å². The minimum atomic E-state index is 0.0829. The van der Waals surface area contributed by atoms with Crippen LogP contribution in [0.4, 0.5) is 5.69 Å². The quantitative estimate of drug-likeness (QED) is 0.667. The second kappa shape index (κ2) is 7.16. The Labute approximate surface area is 116 Å². The molecule has 0 bridgehead atoms. The molecule has 2 N–H and O–H groups in total. The highest BCUT2D eigenvalue weighted by Crippen LogP contribution is 2.13. The van der Waals surface area contributed by atoms with Crippen molar-refractivity contribution in [2.45, 2.75) is 0 Å². The largest absolute Gasteiger partial charge is 0.378 e. The summed E-state index contributed by atoms with van der Waals surface area (Å²) in [4.78, 5) is 17.9. The van der Waals surface area contributed by atoms with E-state index in [9.17, 15) is 4.79 Å². The van der Waals surface area contributed by atoms with Crippen LogP contribution in [0.1, 0.15) is 0 Å². The number of amides is 1. The minimum absolute atomic E-state index is 0.0829. The van der Waals surface area contributed by atoms with Crippen molar-refractivity contribution in [2.24, 2.45) is 10.7 Å². The zero-order chi connectivity index (χ0) is 13.5. The third-order valence-electron chi connectivity index (χ3n) is 2.70. The number of carbonyl (C=O) groups excluding carboxylic acids is 1. The van der Waals surface area contributed by atoms with Crippen LogP contribution in [0.25, 0.3) is 0 Å². The second-order valence-electron chi connectivity index (χ2n) is 4.07. The number of hydrogen-bond acceptors (Lipinski definition) is 4. The first-order chi connectivity index (χ1) is 9.25. The molecule has 0 spiro atoms. The number of benzene rings is 1. The summed E-state index contributed by atoms with van der Waals surface area (Å²) in [5, 5.41) is 0.410. The molecule has 1 fully saturated rings. The van der Waals surface area contributed by atoms with Gasteiger partial charge in [-0.05, 0) is 12.1 Å². The van der Waals surface area contributed by atoms with Crippen LogP contribution in [-0.2, 0) is 9.53 Å². The van der Waals surface area contributed by atoms with Crippen LogP contribution >= 0.6 is 11.8 Å². The van der Waals surface area contributed by atoms with Crippen molar-refractivity contribution >= 4 is 28.5 Å². The Bertz CT molecular complexity index is 444. The lowest BCUT2D eigenvalue weighted by Gasteiger charge is -2.26. The Kier molecular flexibility index (Phi) is 5.23. The first-order valence-electron chi connectivity index (χ1n) is 6.13. The van der Waals surface area contributed by atoms with Gasteiger partial charge >= 0.3 is 0 Å². The Morgan fingerprint density at radius 2 is 2.00 bits per heavy atom. The third-order valence-corrected chi connectivity index (χ3v) is 3.48. The molecule has 1 aromatic rings. The molecule has 1 saturated heterocycles. The van der Waals surface area contributed by atoms with E-state index in [-0.39, 0.29) is 5.91 Å². The molecular weight excluding hydrogens is 262 g/mol. The lowest BCUT2D eigenvalue weighted by Crippen LogP contribution is -2.41. The van der Waals surface area contributed by atoms with Crippen molar-refractivity contribution in [2.75, 3.05) is 32.1 Å². The predicted molar refractivity (Wildman–Crippen MR) is 77.6 cm³/mol. The molecule has 0 aromatic heterocycles. The van der Waals surface area contributed by atoms with Gasteiger partial charge in [-0.1, -0.05) is 30.0 Å². The summed E-state index contributed by atoms with van der Waals surface area (Å²) in [6.45, 7) is 2.55. The standard InChI is InChI=1S/C13H17N3O2S/c14-13(15-11-4-2-1-3-5-11)19-10-12(17)16-6-8-18-9-7-16/h1-5H,6-10H2,(H2,14,15). The van der Waals surface area contributed by atoms with E-state index in [4.69, 9.17) is 10.5 Å². The topological polar surface area (TPSA) is 67.9 Å². The van der Waals surface area contributed by atoms with Crippen molar-refractivity contribution in [1.29, 1.82) is 0 Å². The number of ether oxygens (including phenoxy) is 1. The lowest BCUT2D eigenvalue weighted by molar-refractivity contribution is -0.132. The number of hydrogen-bond donors (Lipinski definition) is 1. The highest BCUT2D eigenvalue weighted by Gasteiger charge is 2.16. The summed E-state index contributed by atoms with van der Waals surface area (Å²) in [5.74, 6) is 0.404. The van der Waals surface area contributed by atoms with Gasteiger partial charge in [0.15, 0.2) is 5.17 Å². The van der Waals surface area contributed by atoms with Crippen molar-refractivity contribution in [1.82, 2.24) is 4.90 Å². The van der Waals surface area contributed by atoms with Crippen molar-refractivity contribution < 1.29 is 9.53 Å². The molecule has 0 radical (unpaired) electrons. The first kappa shape index (κ1) is 13.9. The number of carbonyl (C=O) groups is 1. The number of morpholine rings is 1. The second-order valence-corrected chi connectivity index (χ2v) is 5.06. The highest BCUT2D eigenvalue weighted by atomic mass is 32.2. The molecule has 0 saturated carbocycles. The molecule has 1 aliphatic heterocycles. The molecule has 0 aliphatic carbocycles. The fourth-order valence-corrected chi connectivity index (χ4v) is 2.33. The Balaban J connectivity index is 1.81. The Morgan fingerprint density at radius 1 is 1.32 bits per heavy atom. The molecule has 19 heavy (non-hydrogen) atoms. The average Bonchev–Trinajstić information content (AvgIpc) is 2.47. The van der Waals surface area contributed by atoms with Gasteiger partial charge in [0, 0.05) is 13.1 Å². The predicted octanol–water partition coefficient (Wildman–Crippen LogP) is 1.22. The van der Waals surface area contributed by atoms with Gasteiger partial charge in [-0.3, -0.25) is 4.79 Å². The maximum atomic E-state index is 11.9. The number of nitrogens with zero attached hydrogens (tertiary/aromatic N) is 2. The Morgan fingerprint density at radius 3 is 2.68 bits per heavy atom. The Hall–Kier alpha value is -1.53. The van der Waals surface area contributed by atoms with E-state index >= 15 is 0 Å². The fourth-order valence-electron chi connectivity index (χ4n) is 1.70. The average molecular weight is 279 g/mol. The monoisotopic (exact) mass is 279 g/mol. The summed E-state index contributed by atoms with van der Waals surface area (Å²) >= 11 is 1.27. The molecule has 0 atom stereocenters. The summed E-state index contributed by atoms with van der Waals surface area (Å²) in [5.41, 5.74) is 6.60. The number of amidine groups is 1. The van der Waals surface area contributed by atoms with Crippen LogP contribution in [0, 0.1) is 0 Å². The van der Waals surface area contributed by atoms with Gasteiger partial charge in [0.2, 0.25) is 5.91 Å². The third kappa shape index (κ3) is 4.57. The zero-order valence-corrected chi connectivity index (χ0v) is 11.4. The molecule has 5 nitrogen and oxygen atoms in total. The molecule has 102 valence electrons. The normalized spacial score (nSPS) is 16.4. The van der Waals surface area contributed by atoms with Crippen molar-refractivity contribution in [3.63, 3.8) is 0 Å². The lowest BCUT2D eigenvalue weighted by atomic mass is 10.3. The maximum Gasteiger partial charge on any atom is 0.233 e. The number of thioether (sulfide) groups is 1. The number of nitrogens with two attached hydrogens (primary N) is 1. The van der Waals surface area contributed by atoms with Crippen molar-refractivity contribution in [3.05, 3.63) is 30.3 Å². The van der Waals surface area contributed by atoms with E-state index in [0.29, 0.717) is 37.2 Å². The van der Waals surface area contributed by atoms with Crippen molar-refractivity contribution in [3.8, 4) is 0 Å². The fraction of sp³-hybridized carbons (Fsp3) is 0.385. The molecule has 1 heterocycles. The van der Waals surface area contributed by atoms with Crippen LogP contribution in [0.15, 0.2) is 35.3 Å². The van der Waals surface area contributed by atoms with Gasteiger partial charge < -0.3 is 15.4 Å². The first-order valence-corrected chi connectivity index (χ1v) is 7.12. The SMILES string of the molecule is NC(=Nc1ccccc1)SCC(=O)N1CCOCC1. The van der Waals surface area contributed by atoms with Gasteiger partial charge in [0.1, 0.15) is 0 Å². The van der Waals surface area contributed by atoms with E-state index in [1.807, 2.05) is 30.3 Å². The maximum absolute atomic E-state index is 11.9. The van der Waals surface area contributed by atoms with E-state index < -0.39 is 0 Å². The number of rotatable bonds is 3. The number of aliphatic imine (C=N–C) groups is 1. The summed E-state index contributed by atoms with van der Waals surface area (Å²) in [6.07, 6.45) is 0. The molecule has 0 unspecified atom stereocenters. The molecule has 1 amide bonds. The molecule has 2 rings (SSSR count). The smallest absolute Gasteiger partial charge is 0.233 e. The molecule has 1 aromatic carbocycles. The van der Waals surface area contributed by atoms with Crippen LogP contribution < -0.4 is 5.73 Å². The zero-order valence-electron chi connectivity index (χ0n) is 10.6.